The zero-order chi connectivity index (χ0) is 20.6. The van der Waals surface area contributed by atoms with Crippen LogP contribution >= 0.6 is 11.3 Å². The van der Waals surface area contributed by atoms with Crippen molar-refractivity contribution in [1.82, 2.24) is 5.32 Å². The fourth-order valence-corrected chi connectivity index (χ4v) is 6.98. The molecule has 1 aromatic heterocycles. The highest BCUT2D eigenvalue weighted by Crippen LogP contribution is 2.38. The van der Waals surface area contributed by atoms with Crippen molar-refractivity contribution in [3.8, 4) is 0 Å². The summed E-state index contributed by atoms with van der Waals surface area (Å²) in [5, 5.41) is 6.38. The third-order valence-electron chi connectivity index (χ3n) is 5.47. The first-order valence-corrected chi connectivity index (χ1v) is 12.5. The van der Waals surface area contributed by atoms with Gasteiger partial charge in [-0.3, -0.25) is 9.59 Å². The minimum Gasteiger partial charge on any atom is -0.348 e. The molecule has 2 amide bonds. The molecule has 2 N–H and O–H groups in total. The number of fused-ring (bicyclic) bond motifs is 1. The molecule has 2 aliphatic rings. The maximum Gasteiger partial charge on any atom is 0.256 e. The highest BCUT2D eigenvalue weighted by Gasteiger charge is 2.32. The van der Waals surface area contributed by atoms with E-state index in [4.69, 9.17) is 0 Å². The lowest BCUT2D eigenvalue weighted by Gasteiger charge is -2.15. The van der Waals surface area contributed by atoms with E-state index in [1.54, 1.807) is 6.07 Å². The van der Waals surface area contributed by atoms with Gasteiger partial charge in [0.25, 0.3) is 11.8 Å². The molecule has 0 spiro atoms. The number of amides is 2. The molecule has 0 radical (unpaired) electrons. The van der Waals surface area contributed by atoms with Gasteiger partial charge in [-0.2, -0.15) is 0 Å². The van der Waals surface area contributed by atoms with E-state index in [1.807, 2.05) is 25.1 Å². The van der Waals surface area contributed by atoms with E-state index in [1.165, 1.54) is 11.3 Å². The zero-order valence-corrected chi connectivity index (χ0v) is 17.9. The van der Waals surface area contributed by atoms with Gasteiger partial charge in [0.05, 0.1) is 17.1 Å². The molecule has 1 saturated heterocycles. The number of rotatable bonds is 4. The Morgan fingerprint density at radius 3 is 2.66 bits per heavy atom. The minimum atomic E-state index is -3.08. The van der Waals surface area contributed by atoms with Crippen LogP contribution in [0.25, 0.3) is 0 Å². The Bertz CT molecular complexity index is 1070. The van der Waals surface area contributed by atoms with Crippen LogP contribution in [0.2, 0.25) is 0 Å². The lowest BCUT2D eigenvalue weighted by atomic mass is 9.95. The van der Waals surface area contributed by atoms with Crippen LogP contribution in [0.15, 0.2) is 24.3 Å². The molecule has 1 fully saturated rings. The molecule has 4 rings (SSSR count). The van der Waals surface area contributed by atoms with Crippen LogP contribution in [0, 0.1) is 6.92 Å². The van der Waals surface area contributed by atoms with Crippen molar-refractivity contribution >= 4 is 38.0 Å². The molecule has 8 heteroatoms. The van der Waals surface area contributed by atoms with Gasteiger partial charge in [-0.05, 0) is 56.7 Å². The average molecular weight is 433 g/mol. The smallest absolute Gasteiger partial charge is 0.256 e. The number of hydrogen-bond donors (Lipinski definition) is 2. The molecule has 1 aliphatic carbocycles. The van der Waals surface area contributed by atoms with Gasteiger partial charge in [-0.25, -0.2) is 8.42 Å². The number of thiophene rings is 1. The zero-order valence-electron chi connectivity index (χ0n) is 16.3. The van der Waals surface area contributed by atoms with Crippen LogP contribution in [0.5, 0.6) is 0 Å². The van der Waals surface area contributed by atoms with E-state index < -0.39 is 9.84 Å². The van der Waals surface area contributed by atoms with Crippen LogP contribution in [0.4, 0.5) is 5.00 Å². The fourth-order valence-electron chi connectivity index (χ4n) is 4.02. The van der Waals surface area contributed by atoms with Crippen LogP contribution < -0.4 is 10.6 Å². The predicted molar refractivity (Wildman–Crippen MR) is 115 cm³/mol. The van der Waals surface area contributed by atoms with Gasteiger partial charge in [-0.1, -0.05) is 17.7 Å². The summed E-state index contributed by atoms with van der Waals surface area (Å²) in [7, 11) is -3.08. The van der Waals surface area contributed by atoms with Crippen molar-refractivity contribution in [2.75, 3.05) is 16.8 Å². The van der Waals surface area contributed by atoms with Crippen molar-refractivity contribution < 1.29 is 18.0 Å². The molecule has 0 saturated carbocycles. The molecule has 29 heavy (non-hydrogen) atoms. The summed E-state index contributed by atoms with van der Waals surface area (Å²) >= 11 is 1.46. The summed E-state index contributed by atoms with van der Waals surface area (Å²) < 4.78 is 23.5. The number of benzene rings is 1. The van der Waals surface area contributed by atoms with Gasteiger partial charge >= 0.3 is 0 Å². The second kappa shape index (κ2) is 7.91. The van der Waals surface area contributed by atoms with Crippen molar-refractivity contribution in [2.45, 2.75) is 45.1 Å². The first-order chi connectivity index (χ1) is 13.8. The van der Waals surface area contributed by atoms with Crippen molar-refractivity contribution in [3.63, 3.8) is 0 Å². The Hall–Kier alpha value is -2.19. The van der Waals surface area contributed by atoms with Gasteiger partial charge in [0.1, 0.15) is 5.00 Å². The first kappa shape index (κ1) is 20.1. The van der Waals surface area contributed by atoms with Crippen molar-refractivity contribution in [3.05, 3.63) is 51.4 Å². The molecular weight excluding hydrogens is 408 g/mol. The molecule has 0 unspecified atom stereocenters. The quantitative estimate of drug-likeness (QED) is 0.777. The summed E-state index contributed by atoms with van der Waals surface area (Å²) in [5.41, 5.74) is 3.04. The lowest BCUT2D eigenvalue weighted by molar-refractivity contribution is 0.0941. The molecule has 6 nitrogen and oxygen atoms in total. The molecule has 0 bridgehead atoms. The Labute approximate surface area is 174 Å². The minimum absolute atomic E-state index is 0.0178. The van der Waals surface area contributed by atoms with Crippen molar-refractivity contribution in [2.24, 2.45) is 0 Å². The van der Waals surface area contributed by atoms with E-state index >= 15 is 0 Å². The SMILES string of the molecule is Cc1cccc(C(=O)Nc2sc3c(c2C(=O)N[C@@H]2CCS(=O)(=O)C2)CCCC3)c1. The van der Waals surface area contributed by atoms with Crippen LogP contribution in [-0.4, -0.2) is 37.8 Å². The van der Waals surface area contributed by atoms with Gasteiger partial charge in [0, 0.05) is 16.5 Å². The summed E-state index contributed by atoms with van der Waals surface area (Å²) in [6, 6.07) is 6.95. The molecule has 1 aliphatic heterocycles. The third kappa shape index (κ3) is 4.38. The summed E-state index contributed by atoms with van der Waals surface area (Å²) in [6.45, 7) is 1.93. The first-order valence-electron chi connectivity index (χ1n) is 9.86. The molecule has 154 valence electrons. The highest BCUT2D eigenvalue weighted by molar-refractivity contribution is 7.91. The molecule has 2 heterocycles. The summed E-state index contributed by atoms with van der Waals surface area (Å²) in [5.74, 6) is -0.442. The monoisotopic (exact) mass is 432 g/mol. The maximum absolute atomic E-state index is 13.1. The normalized spacial score (nSPS) is 20.1. The topological polar surface area (TPSA) is 92.3 Å². The molecular formula is C21H24N2O4S2. The second-order valence-electron chi connectivity index (χ2n) is 7.81. The highest BCUT2D eigenvalue weighted by atomic mass is 32.2. The number of sulfone groups is 1. The number of carbonyl (C=O) groups is 2. The number of anilines is 1. The molecule has 2 aromatic rings. The standard InChI is InChI=1S/C21H24N2O4S2/c1-13-5-4-6-14(11-13)19(24)23-21-18(16-7-2-3-8-17(16)28-21)20(25)22-15-9-10-29(26,27)12-15/h4-6,11,15H,2-3,7-10,12H2,1H3,(H,22,25)(H,23,24)/t15-/m1/s1. The number of aryl methyl sites for hydroxylation is 2. The van der Waals surface area contributed by atoms with E-state index in [0.29, 0.717) is 22.5 Å². The van der Waals surface area contributed by atoms with E-state index in [2.05, 4.69) is 10.6 Å². The Balaban J connectivity index is 1.61. The van der Waals surface area contributed by atoms with Crippen LogP contribution in [0.3, 0.4) is 0 Å². The average Bonchev–Trinajstić information content (AvgIpc) is 3.20. The fraction of sp³-hybridized carbons (Fsp3) is 0.429. The lowest BCUT2D eigenvalue weighted by Crippen LogP contribution is -2.36. The number of nitrogens with one attached hydrogen (secondary N) is 2. The maximum atomic E-state index is 13.1. The predicted octanol–water partition coefficient (Wildman–Crippen LogP) is 3.10. The van der Waals surface area contributed by atoms with Crippen LogP contribution in [-0.2, 0) is 22.7 Å². The number of carbonyl (C=O) groups excluding carboxylic acids is 2. The van der Waals surface area contributed by atoms with Crippen LogP contribution in [0.1, 0.15) is 56.0 Å². The Morgan fingerprint density at radius 2 is 1.93 bits per heavy atom. The van der Waals surface area contributed by atoms with Gasteiger partial charge in [-0.15, -0.1) is 11.3 Å². The van der Waals surface area contributed by atoms with Crippen molar-refractivity contribution in [1.29, 1.82) is 0 Å². The molecule has 1 aromatic carbocycles. The Morgan fingerprint density at radius 1 is 1.14 bits per heavy atom. The second-order valence-corrected chi connectivity index (χ2v) is 11.1. The third-order valence-corrected chi connectivity index (χ3v) is 8.45. The van der Waals surface area contributed by atoms with Gasteiger partial charge in [0.2, 0.25) is 0 Å². The van der Waals surface area contributed by atoms with E-state index in [0.717, 1.165) is 41.7 Å². The van der Waals surface area contributed by atoms with E-state index in [-0.39, 0.29) is 29.4 Å². The largest absolute Gasteiger partial charge is 0.348 e. The molecule has 1 atom stereocenters. The summed E-state index contributed by atoms with van der Waals surface area (Å²) in [4.78, 5) is 27.0. The number of hydrogen-bond acceptors (Lipinski definition) is 5. The van der Waals surface area contributed by atoms with Gasteiger partial charge < -0.3 is 10.6 Å². The van der Waals surface area contributed by atoms with E-state index in [9.17, 15) is 18.0 Å². The summed E-state index contributed by atoms with van der Waals surface area (Å²) in [6.07, 6.45) is 4.22. The van der Waals surface area contributed by atoms with Gasteiger partial charge in [0.15, 0.2) is 9.84 Å². The Kier molecular flexibility index (Phi) is 5.48.